The third-order valence-corrected chi connectivity index (χ3v) is 6.73. The van der Waals surface area contributed by atoms with Crippen LogP contribution >= 0.6 is 11.8 Å². The van der Waals surface area contributed by atoms with Gasteiger partial charge in [-0.3, -0.25) is 9.69 Å². The minimum atomic E-state index is 0.00107. The normalized spacial score (nSPS) is 17.7. The van der Waals surface area contributed by atoms with Crippen LogP contribution in [0.15, 0.2) is 70.7 Å². The zero-order chi connectivity index (χ0) is 22.5. The van der Waals surface area contributed by atoms with E-state index in [1.807, 2.05) is 42.5 Å². The highest BCUT2D eigenvalue weighted by molar-refractivity contribution is 8.18. The molecule has 4 rings (SSSR count). The lowest BCUT2D eigenvalue weighted by atomic mass is 10.1. The van der Waals surface area contributed by atoms with E-state index in [1.54, 1.807) is 12.0 Å². The van der Waals surface area contributed by atoms with Crippen molar-refractivity contribution in [3.63, 3.8) is 0 Å². The molecule has 6 heteroatoms. The molecular weight excluding hydrogens is 418 g/mol. The molecule has 1 aliphatic heterocycles. The quantitative estimate of drug-likeness (QED) is 0.303. The van der Waals surface area contributed by atoms with E-state index >= 15 is 0 Å². The van der Waals surface area contributed by atoms with E-state index in [2.05, 4.69) is 42.8 Å². The Bertz CT molecular complexity index is 1150. The van der Waals surface area contributed by atoms with Crippen LogP contribution in [0, 0.1) is 0 Å². The number of carbonyl (C=O) groups is 1. The minimum absolute atomic E-state index is 0.00107. The van der Waals surface area contributed by atoms with Crippen LogP contribution in [0.5, 0.6) is 0 Å². The van der Waals surface area contributed by atoms with Gasteiger partial charge in [0.05, 0.1) is 10.6 Å². The second kappa shape index (κ2) is 10.2. The van der Waals surface area contributed by atoms with Crippen LogP contribution in [0.4, 0.5) is 5.69 Å². The fraction of sp³-hybridized carbons (Fsp3) is 0.308. The van der Waals surface area contributed by atoms with Crippen LogP contribution in [0.25, 0.3) is 17.0 Å². The van der Waals surface area contributed by atoms with Crippen LogP contribution in [-0.2, 0) is 9.53 Å². The number of carbonyl (C=O) groups excluding carboxylic acids is 1. The molecule has 2 heterocycles. The molecule has 0 spiro atoms. The zero-order valence-corrected chi connectivity index (χ0v) is 19.6. The van der Waals surface area contributed by atoms with Gasteiger partial charge in [-0.25, -0.2) is 4.99 Å². The van der Waals surface area contributed by atoms with E-state index in [-0.39, 0.29) is 5.91 Å². The second-order valence-corrected chi connectivity index (χ2v) is 8.92. The number of amidine groups is 1. The van der Waals surface area contributed by atoms with Crippen molar-refractivity contribution in [2.24, 2.45) is 4.99 Å². The monoisotopic (exact) mass is 447 g/mol. The average Bonchev–Trinajstić information content (AvgIpc) is 3.32. The maximum atomic E-state index is 13.3. The van der Waals surface area contributed by atoms with Crippen molar-refractivity contribution in [1.82, 2.24) is 9.47 Å². The van der Waals surface area contributed by atoms with Gasteiger partial charge in [0, 0.05) is 49.0 Å². The lowest BCUT2D eigenvalue weighted by Gasteiger charge is -2.15. The topological polar surface area (TPSA) is 46.8 Å². The zero-order valence-electron chi connectivity index (χ0n) is 18.8. The first-order valence-electron chi connectivity index (χ1n) is 11.1. The smallest absolute Gasteiger partial charge is 0.266 e. The standard InChI is InChI=1S/C26H29N3O2S/c1-4-19(2)29-18-20(22-13-8-9-14-23(22)29)17-24-25(30)28(15-10-16-31-3)26(32-24)27-21-11-6-5-7-12-21/h5-9,11-14,17-19H,4,10,15-16H2,1-3H3/b24-17-,27-26?/t19-/m1/s1. The van der Waals surface area contributed by atoms with E-state index < -0.39 is 0 Å². The first-order valence-corrected chi connectivity index (χ1v) is 11.9. The summed E-state index contributed by atoms with van der Waals surface area (Å²) in [6.07, 6.45) is 5.99. The molecule has 0 aliphatic carbocycles. The summed E-state index contributed by atoms with van der Waals surface area (Å²) in [6.45, 7) is 5.60. The molecule has 3 aromatic rings. The van der Waals surface area contributed by atoms with E-state index in [0.29, 0.717) is 29.3 Å². The van der Waals surface area contributed by atoms with Gasteiger partial charge >= 0.3 is 0 Å². The Kier molecular flexibility index (Phi) is 7.12. The van der Waals surface area contributed by atoms with E-state index in [0.717, 1.165) is 29.5 Å². The molecule has 1 atom stereocenters. The molecule has 1 fully saturated rings. The second-order valence-electron chi connectivity index (χ2n) is 7.91. The molecule has 0 bridgehead atoms. The lowest BCUT2D eigenvalue weighted by molar-refractivity contribution is -0.122. The van der Waals surface area contributed by atoms with E-state index in [1.165, 1.54) is 17.3 Å². The molecule has 32 heavy (non-hydrogen) atoms. The van der Waals surface area contributed by atoms with Gasteiger partial charge in [-0.1, -0.05) is 43.3 Å². The SMILES string of the molecule is CC[C@@H](C)n1cc(/C=C2\SC(=Nc3ccccc3)N(CCCOC)C2=O)c2ccccc21. The molecular formula is C26H29N3O2S. The number of hydrogen-bond donors (Lipinski definition) is 0. The summed E-state index contributed by atoms with van der Waals surface area (Å²) in [4.78, 5) is 20.6. The van der Waals surface area contributed by atoms with Gasteiger partial charge in [-0.2, -0.15) is 0 Å². The number of rotatable bonds is 8. The van der Waals surface area contributed by atoms with Gasteiger partial charge in [0.15, 0.2) is 5.17 Å². The summed E-state index contributed by atoms with van der Waals surface area (Å²) < 4.78 is 7.50. The summed E-state index contributed by atoms with van der Waals surface area (Å²) >= 11 is 1.44. The summed E-state index contributed by atoms with van der Waals surface area (Å²) in [5.74, 6) is 0.00107. The number of ether oxygens (including phenoxy) is 1. The van der Waals surface area contributed by atoms with Crippen LogP contribution in [-0.4, -0.2) is 40.8 Å². The van der Waals surface area contributed by atoms with Crippen LogP contribution in [0.3, 0.4) is 0 Å². The Labute approximate surface area is 193 Å². The fourth-order valence-electron chi connectivity index (χ4n) is 3.82. The highest BCUT2D eigenvalue weighted by Gasteiger charge is 2.33. The van der Waals surface area contributed by atoms with Gasteiger partial charge in [0.1, 0.15) is 0 Å². The molecule has 5 nitrogen and oxygen atoms in total. The Balaban J connectivity index is 1.72. The molecule has 0 radical (unpaired) electrons. The van der Waals surface area contributed by atoms with Gasteiger partial charge in [0.25, 0.3) is 5.91 Å². The van der Waals surface area contributed by atoms with E-state index in [4.69, 9.17) is 9.73 Å². The van der Waals surface area contributed by atoms with Crippen LogP contribution < -0.4 is 0 Å². The number of fused-ring (bicyclic) bond motifs is 1. The average molecular weight is 448 g/mol. The molecule has 1 aromatic heterocycles. The number of nitrogens with zero attached hydrogens (tertiary/aromatic N) is 3. The third kappa shape index (κ3) is 4.66. The number of hydrogen-bond acceptors (Lipinski definition) is 4. The van der Waals surface area contributed by atoms with Crippen LogP contribution in [0.2, 0.25) is 0 Å². The largest absolute Gasteiger partial charge is 0.385 e. The van der Waals surface area contributed by atoms with Crippen LogP contribution in [0.1, 0.15) is 38.3 Å². The Hall–Kier alpha value is -2.83. The summed E-state index contributed by atoms with van der Waals surface area (Å²) in [5, 5.41) is 1.88. The molecule has 1 saturated heterocycles. The molecule has 0 unspecified atom stereocenters. The van der Waals surface area contributed by atoms with Crippen molar-refractivity contribution in [3.05, 3.63) is 71.3 Å². The predicted octanol–water partition coefficient (Wildman–Crippen LogP) is 6.25. The van der Waals surface area contributed by atoms with Crippen molar-refractivity contribution >= 4 is 45.5 Å². The first kappa shape index (κ1) is 22.4. The molecule has 2 aromatic carbocycles. The Morgan fingerprint density at radius 1 is 1.12 bits per heavy atom. The summed E-state index contributed by atoms with van der Waals surface area (Å²) in [6, 6.07) is 18.6. The number of amides is 1. The number of methoxy groups -OCH3 is 1. The van der Waals surface area contributed by atoms with Crippen molar-refractivity contribution in [3.8, 4) is 0 Å². The van der Waals surface area contributed by atoms with Crippen molar-refractivity contribution in [1.29, 1.82) is 0 Å². The summed E-state index contributed by atoms with van der Waals surface area (Å²) in [5.41, 5.74) is 3.10. The summed E-state index contributed by atoms with van der Waals surface area (Å²) in [7, 11) is 1.68. The highest BCUT2D eigenvalue weighted by Crippen LogP contribution is 2.36. The number of aromatic nitrogens is 1. The van der Waals surface area contributed by atoms with Gasteiger partial charge in [-0.15, -0.1) is 0 Å². The Morgan fingerprint density at radius 3 is 2.62 bits per heavy atom. The number of aliphatic imine (C=N–C) groups is 1. The van der Waals surface area contributed by atoms with Crippen molar-refractivity contribution in [2.75, 3.05) is 20.3 Å². The third-order valence-electron chi connectivity index (χ3n) is 5.72. The number of para-hydroxylation sites is 2. The predicted molar refractivity (Wildman–Crippen MR) is 134 cm³/mol. The molecule has 0 N–H and O–H groups in total. The van der Waals surface area contributed by atoms with Gasteiger partial charge < -0.3 is 9.30 Å². The first-order chi connectivity index (χ1) is 15.6. The molecule has 166 valence electrons. The van der Waals surface area contributed by atoms with Crippen molar-refractivity contribution in [2.45, 2.75) is 32.7 Å². The van der Waals surface area contributed by atoms with Crippen molar-refractivity contribution < 1.29 is 9.53 Å². The number of benzene rings is 2. The van der Waals surface area contributed by atoms with Gasteiger partial charge in [0.2, 0.25) is 0 Å². The maximum Gasteiger partial charge on any atom is 0.266 e. The molecule has 1 aliphatic rings. The molecule has 0 saturated carbocycles. The van der Waals surface area contributed by atoms with Gasteiger partial charge in [-0.05, 0) is 55.8 Å². The highest BCUT2D eigenvalue weighted by atomic mass is 32.2. The minimum Gasteiger partial charge on any atom is -0.385 e. The maximum absolute atomic E-state index is 13.3. The number of thioether (sulfide) groups is 1. The van der Waals surface area contributed by atoms with E-state index in [9.17, 15) is 4.79 Å². The lowest BCUT2D eigenvalue weighted by Crippen LogP contribution is -2.30. The molecule has 1 amide bonds. The fourth-order valence-corrected chi connectivity index (χ4v) is 4.83. The Morgan fingerprint density at radius 2 is 1.88 bits per heavy atom.